The van der Waals surface area contributed by atoms with Gasteiger partial charge in [0.1, 0.15) is 5.75 Å². The molecule has 3 nitrogen and oxygen atoms in total. The second-order valence-electron chi connectivity index (χ2n) is 5.96. The first-order valence-corrected chi connectivity index (χ1v) is 6.95. The number of ether oxygens (including phenoxy) is 1. The summed E-state index contributed by atoms with van der Waals surface area (Å²) in [6.07, 6.45) is 3.30. The highest BCUT2D eigenvalue weighted by Crippen LogP contribution is 2.28. The Morgan fingerprint density at radius 3 is 2.42 bits per heavy atom. The van der Waals surface area contributed by atoms with E-state index in [0.717, 1.165) is 18.6 Å². The Hall–Kier alpha value is -1.51. The Bertz CT molecular complexity index is 433. The van der Waals surface area contributed by atoms with Gasteiger partial charge in [-0.05, 0) is 30.5 Å². The van der Waals surface area contributed by atoms with Gasteiger partial charge in [0.05, 0.1) is 7.11 Å². The van der Waals surface area contributed by atoms with Crippen LogP contribution in [0.25, 0.3) is 0 Å². The molecule has 104 valence electrons. The summed E-state index contributed by atoms with van der Waals surface area (Å²) in [5, 5.41) is 3.08. The number of hydrogen-bond acceptors (Lipinski definition) is 2. The van der Waals surface area contributed by atoms with Gasteiger partial charge < -0.3 is 10.1 Å². The van der Waals surface area contributed by atoms with Crippen molar-refractivity contribution in [3.63, 3.8) is 0 Å². The molecule has 0 bridgehead atoms. The average Bonchev–Trinajstić information content (AvgIpc) is 2.34. The fraction of sp³-hybridized carbons (Fsp3) is 0.562. The van der Waals surface area contributed by atoms with E-state index < -0.39 is 0 Å². The molecule has 0 aromatic heterocycles. The maximum Gasteiger partial charge on any atom is 0.223 e. The van der Waals surface area contributed by atoms with Crippen molar-refractivity contribution in [2.24, 2.45) is 5.92 Å². The van der Waals surface area contributed by atoms with Crippen molar-refractivity contribution >= 4 is 5.91 Å². The monoisotopic (exact) mass is 261 g/mol. The molecule has 2 rings (SSSR count). The number of amides is 1. The Morgan fingerprint density at radius 2 is 1.95 bits per heavy atom. The first-order valence-electron chi connectivity index (χ1n) is 6.95. The smallest absolute Gasteiger partial charge is 0.223 e. The van der Waals surface area contributed by atoms with Crippen molar-refractivity contribution in [3.05, 3.63) is 29.8 Å². The molecule has 1 aromatic rings. The average molecular weight is 261 g/mol. The molecule has 1 N–H and O–H groups in total. The Labute approximate surface area is 115 Å². The van der Waals surface area contributed by atoms with Gasteiger partial charge >= 0.3 is 0 Å². The lowest BCUT2D eigenvalue weighted by atomic mass is 9.82. The van der Waals surface area contributed by atoms with Gasteiger partial charge in [-0.2, -0.15) is 0 Å². The van der Waals surface area contributed by atoms with Crippen molar-refractivity contribution < 1.29 is 9.53 Å². The van der Waals surface area contributed by atoms with Gasteiger partial charge in [0, 0.05) is 17.9 Å². The largest absolute Gasteiger partial charge is 0.497 e. The van der Waals surface area contributed by atoms with Crippen LogP contribution in [0.4, 0.5) is 0 Å². The molecule has 0 radical (unpaired) electrons. The number of rotatable bonds is 5. The lowest BCUT2D eigenvalue weighted by Gasteiger charge is -2.29. The summed E-state index contributed by atoms with van der Waals surface area (Å²) in [4.78, 5) is 11.9. The van der Waals surface area contributed by atoms with Crippen molar-refractivity contribution in [2.75, 3.05) is 13.7 Å². The number of methoxy groups -OCH3 is 1. The Morgan fingerprint density at radius 1 is 1.32 bits per heavy atom. The van der Waals surface area contributed by atoms with Crippen LogP contribution in [0.2, 0.25) is 0 Å². The van der Waals surface area contributed by atoms with Crippen molar-refractivity contribution in [1.29, 1.82) is 0 Å². The first-order chi connectivity index (χ1) is 9.03. The minimum absolute atomic E-state index is 0.0638. The summed E-state index contributed by atoms with van der Waals surface area (Å²) in [6, 6.07) is 8.05. The third-order valence-corrected chi connectivity index (χ3v) is 4.05. The van der Waals surface area contributed by atoms with Gasteiger partial charge in [0.15, 0.2) is 0 Å². The van der Waals surface area contributed by atoms with Crippen LogP contribution in [0.1, 0.15) is 38.7 Å². The van der Waals surface area contributed by atoms with E-state index in [9.17, 15) is 4.79 Å². The normalized spacial score (nSPS) is 15.7. The van der Waals surface area contributed by atoms with E-state index >= 15 is 0 Å². The summed E-state index contributed by atoms with van der Waals surface area (Å²) in [6.45, 7) is 4.97. The summed E-state index contributed by atoms with van der Waals surface area (Å²) >= 11 is 0. The molecule has 1 aliphatic rings. The van der Waals surface area contributed by atoms with Crippen LogP contribution >= 0.6 is 0 Å². The summed E-state index contributed by atoms with van der Waals surface area (Å²) in [5.41, 5.74) is 1.15. The summed E-state index contributed by atoms with van der Waals surface area (Å²) < 4.78 is 5.16. The van der Waals surface area contributed by atoms with Gasteiger partial charge in [0.2, 0.25) is 5.91 Å². The van der Waals surface area contributed by atoms with Gasteiger partial charge in [-0.3, -0.25) is 4.79 Å². The molecule has 0 atom stereocenters. The van der Waals surface area contributed by atoms with Crippen LogP contribution in [0.15, 0.2) is 24.3 Å². The minimum Gasteiger partial charge on any atom is -0.497 e. The van der Waals surface area contributed by atoms with E-state index in [1.165, 1.54) is 12.0 Å². The lowest BCUT2D eigenvalue weighted by molar-refractivity contribution is -0.127. The minimum atomic E-state index is -0.0638. The summed E-state index contributed by atoms with van der Waals surface area (Å²) in [5.74, 6) is 1.33. The zero-order valence-electron chi connectivity index (χ0n) is 12.0. The molecule has 1 aliphatic carbocycles. The van der Waals surface area contributed by atoms with Gasteiger partial charge in [-0.1, -0.05) is 32.4 Å². The highest BCUT2D eigenvalue weighted by Gasteiger charge is 2.27. The van der Waals surface area contributed by atoms with E-state index in [-0.39, 0.29) is 17.2 Å². The quantitative estimate of drug-likeness (QED) is 0.885. The number of hydrogen-bond donors (Lipinski definition) is 1. The van der Waals surface area contributed by atoms with Crippen LogP contribution < -0.4 is 10.1 Å². The molecule has 0 spiro atoms. The number of nitrogens with one attached hydrogen (secondary N) is 1. The third kappa shape index (κ3) is 3.28. The van der Waals surface area contributed by atoms with Crippen LogP contribution in [-0.2, 0) is 10.2 Å². The predicted molar refractivity (Wildman–Crippen MR) is 76.4 cm³/mol. The molecule has 1 saturated carbocycles. The molecular weight excluding hydrogens is 238 g/mol. The van der Waals surface area contributed by atoms with Crippen LogP contribution in [0.3, 0.4) is 0 Å². The zero-order chi connectivity index (χ0) is 13.9. The number of benzene rings is 1. The molecule has 19 heavy (non-hydrogen) atoms. The van der Waals surface area contributed by atoms with Gasteiger partial charge in [0.25, 0.3) is 0 Å². The second-order valence-corrected chi connectivity index (χ2v) is 5.96. The first kappa shape index (κ1) is 13.9. The van der Waals surface area contributed by atoms with Crippen LogP contribution in [-0.4, -0.2) is 19.6 Å². The van der Waals surface area contributed by atoms with E-state index in [4.69, 9.17) is 4.74 Å². The fourth-order valence-corrected chi connectivity index (χ4v) is 2.27. The van der Waals surface area contributed by atoms with E-state index in [1.807, 2.05) is 12.1 Å². The Balaban J connectivity index is 1.94. The fourth-order valence-electron chi connectivity index (χ4n) is 2.27. The zero-order valence-corrected chi connectivity index (χ0v) is 12.0. The molecule has 0 aliphatic heterocycles. The molecule has 1 aromatic carbocycles. The third-order valence-electron chi connectivity index (χ3n) is 4.05. The topological polar surface area (TPSA) is 38.3 Å². The van der Waals surface area contributed by atoms with Gasteiger partial charge in [-0.15, -0.1) is 0 Å². The van der Waals surface area contributed by atoms with E-state index in [1.54, 1.807) is 7.11 Å². The number of carbonyl (C=O) groups excluding carboxylic acids is 1. The molecule has 1 amide bonds. The van der Waals surface area contributed by atoms with Crippen LogP contribution in [0, 0.1) is 5.92 Å². The van der Waals surface area contributed by atoms with Crippen molar-refractivity contribution in [3.8, 4) is 5.75 Å². The second kappa shape index (κ2) is 5.64. The molecule has 0 heterocycles. The maximum atomic E-state index is 11.9. The van der Waals surface area contributed by atoms with E-state index in [0.29, 0.717) is 6.54 Å². The highest BCUT2D eigenvalue weighted by molar-refractivity contribution is 5.79. The maximum absolute atomic E-state index is 11.9. The molecule has 3 heteroatoms. The molecule has 0 unspecified atom stereocenters. The molecule has 0 saturated heterocycles. The van der Waals surface area contributed by atoms with Gasteiger partial charge in [-0.25, -0.2) is 0 Å². The molecular formula is C16H23NO2. The van der Waals surface area contributed by atoms with Crippen molar-refractivity contribution in [1.82, 2.24) is 5.32 Å². The summed E-state index contributed by atoms with van der Waals surface area (Å²) in [7, 11) is 1.67. The highest BCUT2D eigenvalue weighted by atomic mass is 16.5. The standard InChI is InChI=1S/C16H23NO2/c1-16(2,11-17-15(18)12-5-4-6-12)13-7-9-14(19-3)10-8-13/h7-10,12H,4-6,11H2,1-3H3,(H,17,18). The molecule has 1 fully saturated rings. The predicted octanol–water partition coefficient (Wildman–Crippen LogP) is 2.89. The lowest BCUT2D eigenvalue weighted by Crippen LogP contribution is -2.41. The van der Waals surface area contributed by atoms with Crippen LogP contribution in [0.5, 0.6) is 5.75 Å². The Kier molecular flexibility index (Phi) is 4.13. The SMILES string of the molecule is COc1ccc(C(C)(C)CNC(=O)C2CCC2)cc1. The van der Waals surface area contributed by atoms with E-state index in [2.05, 4.69) is 31.3 Å². The van der Waals surface area contributed by atoms with Crippen molar-refractivity contribution in [2.45, 2.75) is 38.5 Å². The number of carbonyl (C=O) groups is 1.